The fraction of sp³-hybridized carbons (Fsp3) is 0.364. The minimum Gasteiger partial charge on any atom is -0.398 e. The van der Waals surface area contributed by atoms with Gasteiger partial charge >= 0.3 is 0 Å². The Morgan fingerprint density at radius 3 is 2.58 bits per heavy atom. The van der Waals surface area contributed by atoms with Crippen LogP contribution in [0.2, 0.25) is 0 Å². The van der Waals surface area contributed by atoms with Crippen LogP contribution in [-0.4, -0.2) is 39.3 Å². The summed E-state index contributed by atoms with van der Waals surface area (Å²) in [5.41, 5.74) is 6.59. The van der Waals surface area contributed by atoms with Crippen LogP contribution in [0.15, 0.2) is 21.5 Å². The maximum absolute atomic E-state index is 12.4. The van der Waals surface area contributed by atoms with Crippen molar-refractivity contribution in [3.63, 3.8) is 0 Å². The molecule has 1 aromatic rings. The standard InChI is InChI=1S/C11H16BrN3O3S/c1-7-9(13)4-8(12)5-10(7)19(17,18)15(3)6-11(16)14-2/h4-5H,6,13H2,1-3H3,(H,14,16). The smallest absolute Gasteiger partial charge is 0.243 e. The lowest BCUT2D eigenvalue weighted by atomic mass is 10.2. The molecule has 1 rings (SSSR count). The van der Waals surface area contributed by atoms with Gasteiger partial charge in [0.2, 0.25) is 15.9 Å². The topological polar surface area (TPSA) is 92.5 Å². The number of halogens is 1. The Balaban J connectivity index is 3.24. The van der Waals surface area contributed by atoms with Gasteiger partial charge in [-0.1, -0.05) is 15.9 Å². The van der Waals surface area contributed by atoms with Gasteiger partial charge in [-0.15, -0.1) is 0 Å². The van der Waals surface area contributed by atoms with E-state index in [1.807, 2.05) is 0 Å². The Morgan fingerprint density at radius 1 is 1.47 bits per heavy atom. The minimum absolute atomic E-state index is 0.0887. The molecule has 0 aliphatic rings. The van der Waals surface area contributed by atoms with E-state index in [2.05, 4.69) is 21.2 Å². The lowest BCUT2D eigenvalue weighted by Crippen LogP contribution is -2.37. The fourth-order valence-corrected chi connectivity index (χ4v) is 3.51. The first-order valence-electron chi connectivity index (χ1n) is 5.42. The number of likely N-dealkylation sites (N-methyl/N-ethyl adjacent to an activating group) is 2. The van der Waals surface area contributed by atoms with Gasteiger partial charge in [-0.2, -0.15) is 4.31 Å². The van der Waals surface area contributed by atoms with Gasteiger partial charge < -0.3 is 11.1 Å². The molecule has 0 aromatic heterocycles. The number of nitrogens with one attached hydrogen (secondary N) is 1. The van der Waals surface area contributed by atoms with Crippen molar-refractivity contribution in [1.29, 1.82) is 0 Å². The number of hydrogen-bond acceptors (Lipinski definition) is 4. The van der Waals surface area contributed by atoms with Crippen molar-refractivity contribution in [3.05, 3.63) is 22.2 Å². The van der Waals surface area contributed by atoms with Crippen LogP contribution in [0, 0.1) is 6.92 Å². The monoisotopic (exact) mass is 349 g/mol. The molecule has 0 atom stereocenters. The SMILES string of the molecule is CNC(=O)CN(C)S(=O)(=O)c1cc(Br)cc(N)c1C. The summed E-state index contributed by atoms with van der Waals surface area (Å²) >= 11 is 3.21. The summed E-state index contributed by atoms with van der Waals surface area (Å²) in [6.45, 7) is 1.38. The van der Waals surface area contributed by atoms with Crippen LogP contribution < -0.4 is 11.1 Å². The molecule has 3 N–H and O–H groups in total. The second kappa shape index (κ2) is 5.89. The number of nitrogens with zero attached hydrogens (tertiary/aromatic N) is 1. The number of benzene rings is 1. The molecule has 0 saturated carbocycles. The highest BCUT2D eigenvalue weighted by Gasteiger charge is 2.25. The molecule has 1 aromatic carbocycles. The van der Waals surface area contributed by atoms with Crippen LogP contribution in [0.25, 0.3) is 0 Å². The Bertz CT molecular complexity index is 601. The van der Waals surface area contributed by atoms with E-state index >= 15 is 0 Å². The summed E-state index contributed by atoms with van der Waals surface area (Å²) in [7, 11) is -0.959. The number of carbonyl (C=O) groups is 1. The summed E-state index contributed by atoms with van der Waals surface area (Å²) in [5.74, 6) is -0.383. The second-order valence-corrected chi connectivity index (χ2v) is 6.98. The first-order valence-corrected chi connectivity index (χ1v) is 7.66. The summed E-state index contributed by atoms with van der Waals surface area (Å²) in [6.07, 6.45) is 0. The van der Waals surface area contributed by atoms with Crippen LogP contribution in [0.1, 0.15) is 5.56 Å². The third-order valence-electron chi connectivity index (χ3n) is 2.70. The van der Waals surface area contributed by atoms with Crippen molar-refractivity contribution in [2.75, 3.05) is 26.4 Å². The van der Waals surface area contributed by atoms with Gasteiger partial charge in [0, 0.05) is 24.3 Å². The van der Waals surface area contributed by atoms with Crippen LogP contribution in [0.4, 0.5) is 5.69 Å². The number of amides is 1. The average molecular weight is 350 g/mol. The molecule has 0 aliphatic carbocycles. The van der Waals surface area contributed by atoms with Gasteiger partial charge in [0.05, 0.1) is 11.4 Å². The van der Waals surface area contributed by atoms with Crippen LogP contribution in [0.5, 0.6) is 0 Å². The number of anilines is 1. The summed E-state index contributed by atoms with van der Waals surface area (Å²) < 4.78 is 26.3. The Labute approximate surface area is 121 Å². The highest BCUT2D eigenvalue weighted by Crippen LogP contribution is 2.27. The molecule has 0 radical (unpaired) electrons. The molecular formula is C11H16BrN3O3S. The lowest BCUT2D eigenvalue weighted by molar-refractivity contribution is -0.120. The summed E-state index contributed by atoms with van der Waals surface area (Å²) in [5, 5.41) is 2.38. The van der Waals surface area contributed by atoms with Crippen molar-refractivity contribution in [2.45, 2.75) is 11.8 Å². The van der Waals surface area contributed by atoms with E-state index in [4.69, 9.17) is 5.73 Å². The van der Waals surface area contributed by atoms with E-state index in [1.165, 1.54) is 20.2 Å². The third-order valence-corrected chi connectivity index (χ3v) is 5.09. The van der Waals surface area contributed by atoms with Gasteiger partial charge in [0.15, 0.2) is 0 Å². The number of carbonyl (C=O) groups excluding carboxylic acids is 1. The van der Waals surface area contributed by atoms with E-state index in [9.17, 15) is 13.2 Å². The number of sulfonamides is 1. The minimum atomic E-state index is -3.76. The van der Waals surface area contributed by atoms with Gasteiger partial charge in [0.1, 0.15) is 0 Å². The molecule has 8 heteroatoms. The van der Waals surface area contributed by atoms with E-state index in [-0.39, 0.29) is 17.3 Å². The predicted molar refractivity (Wildman–Crippen MR) is 77.2 cm³/mol. The van der Waals surface area contributed by atoms with Gasteiger partial charge in [-0.05, 0) is 24.6 Å². The maximum atomic E-state index is 12.4. The zero-order valence-electron chi connectivity index (χ0n) is 10.9. The van der Waals surface area contributed by atoms with E-state index in [1.54, 1.807) is 13.0 Å². The molecule has 1 amide bonds. The van der Waals surface area contributed by atoms with Crippen molar-refractivity contribution < 1.29 is 13.2 Å². The molecule has 0 aliphatic heterocycles. The Kier molecular flexibility index (Phi) is 4.94. The van der Waals surface area contributed by atoms with E-state index in [0.717, 1.165) is 4.31 Å². The maximum Gasteiger partial charge on any atom is 0.243 e. The molecular weight excluding hydrogens is 334 g/mol. The largest absolute Gasteiger partial charge is 0.398 e. The number of hydrogen-bond donors (Lipinski definition) is 2. The molecule has 0 fully saturated rings. The van der Waals surface area contributed by atoms with E-state index < -0.39 is 10.0 Å². The van der Waals surface area contributed by atoms with Crippen LogP contribution in [0.3, 0.4) is 0 Å². The molecule has 0 unspecified atom stereocenters. The highest BCUT2D eigenvalue weighted by molar-refractivity contribution is 9.10. The van der Waals surface area contributed by atoms with Gasteiger partial charge in [0.25, 0.3) is 0 Å². The van der Waals surface area contributed by atoms with Crippen LogP contribution >= 0.6 is 15.9 Å². The Hall–Kier alpha value is -1.12. The van der Waals surface area contributed by atoms with Gasteiger partial charge in [-0.25, -0.2) is 8.42 Å². The quantitative estimate of drug-likeness (QED) is 0.782. The zero-order chi connectivity index (χ0) is 14.8. The molecule has 0 bridgehead atoms. The molecule has 0 heterocycles. The number of nitrogen functional groups attached to an aromatic ring is 1. The van der Waals surface area contributed by atoms with E-state index in [0.29, 0.717) is 15.7 Å². The lowest BCUT2D eigenvalue weighted by Gasteiger charge is -2.18. The first-order chi connectivity index (χ1) is 8.70. The summed E-state index contributed by atoms with van der Waals surface area (Å²) in [6, 6.07) is 3.11. The second-order valence-electron chi connectivity index (χ2n) is 4.05. The van der Waals surface area contributed by atoms with Crippen molar-refractivity contribution in [2.24, 2.45) is 0 Å². The fourth-order valence-electron chi connectivity index (χ4n) is 1.48. The molecule has 0 saturated heterocycles. The predicted octanol–water partition coefficient (Wildman–Crippen LogP) is 0.706. The summed E-state index contributed by atoms with van der Waals surface area (Å²) in [4.78, 5) is 11.4. The normalized spacial score (nSPS) is 11.6. The molecule has 19 heavy (non-hydrogen) atoms. The average Bonchev–Trinajstić information content (AvgIpc) is 2.33. The number of rotatable bonds is 4. The van der Waals surface area contributed by atoms with Crippen molar-refractivity contribution >= 4 is 37.5 Å². The van der Waals surface area contributed by atoms with Crippen LogP contribution in [-0.2, 0) is 14.8 Å². The molecule has 6 nitrogen and oxygen atoms in total. The van der Waals surface area contributed by atoms with Crippen molar-refractivity contribution in [3.8, 4) is 0 Å². The highest BCUT2D eigenvalue weighted by atomic mass is 79.9. The first kappa shape index (κ1) is 15.9. The molecule has 0 spiro atoms. The molecule has 106 valence electrons. The number of nitrogens with two attached hydrogens (primary N) is 1. The Morgan fingerprint density at radius 2 is 2.05 bits per heavy atom. The van der Waals surface area contributed by atoms with Crippen molar-refractivity contribution in [1.82, 2.24) is 9.62 Å². The van der Waals surface area contributed by atoms with Gasteiger partial charge in [-0.3, -0.25) is 4.79 Å². The third kappa shape index (κ3) is 3.46. The zero-order valence-corrected chi connectivity index (χ0v) is 13.3.